The third-order valence-corrected chi connectivity index (χ3v) is 1.93. The lowest BCUT2D eigenvalue weighted by atomic mass is 10.3. The zero-order valence-corrected chi connectivity index (χ0v) is 7.58. The maximum absolute atomic E-state index is 12.5. The summed E-state index contributed by atoms with van der Waals surface area (Å²) in [6, 6.07) is 2.35. The van der Waals surface area contributed by atoms with Gasteiger partial charge in [0.1, 0.15) is 16.7 Å². The van der Waals surface area contributed by atoms with Crippen LogP contribution in [0.1, 0.15) is 0 Å². The summed E-state index contributed by atoms with van der Waals surface area (Å²) in [4.78, 5) is 0. The van der Waals surface area contributed by atoms with Gasteiger partial charge in [0, 0.05) is 3.57 Å². The Bertz CT molecular complexity index is 239. The van der Waals surface area contributed by atoms with E-state index in [1.165, 1.54) is 12.1 Å². The summed E-state index contributed by atoms with van der Waals surface area (Å²) in [6.07, 6.45) is 0. The molecule has 0 fully saturated rings. The standard InChI is InChI=1S/C6H2ClF2I/c7-6-4(8)1-3(10)2-5(6)9/h1-2H. The minimum absolute atomic E-state index is 0.444. The fourth-order valence-electron chi connectivity index (χ4n) is 0.525. The average Bonchev–Trinajstić information content (AvgIpc) is 1.82. The van der Waals surface area contributed by atoms with E-state index in [1.54, 1.807) is 0 Å². The van der Waals surface area contributed by atoms with Crippen molar-refractivity contribution < 1.29 is 8.78 Å². The highest BCUT2D eigenvalue weighted by Gasteiger charge is 2.06. The van der Waals surface area contributed by atoms with E-state index < -0.39 is 16.7 Å². The van der Waals surface area contributed by atoms with Crippen molar-refractivity contribution >= 4 is 34.2 Å². The first-order chi connectivity index (χ1) is 4.61. The van der Waals surface area contributed by atoms with E-state index >= 15 is 0 Å². The molecule has 0 aliphatic rings. The molecule has 0 nitrogen and oxygen atoms in total. The summed E-state index contributed by atoms with van der Waals surface area (Å²) in [5.41, 5.74) is 0. The molecule has 0 aliphatic heterocycles. The summed E-state index contributed by atoms with van der Waals surface area (Å²) in [7, 11) is 0. The molecule has 10 heavy (non-hydrogen) atoms. The summed E-state index contributed by atoms with van der Waals surface area (Å²) in [5.74, 6) is -1.43. The van der Waals surface area contributed by atoms with Gasteiger partial charge in [-0.05, 0) is 34.7 Å². The van der Waals surface area contributed by atoms with Crippen molar-refractivity contribution in [3.8, 4) is 0 Å². The van der Waals surface area contributed by atoms with Gasteiger partial charge in [-0.1, -0.05) is 11.6 Å². The summed E-state index contributed by atoms with van der Waals surface area (Å²) < 4.78 is 25.4. The van der Waals surface area contributed by atoms with E-state index in [0.29, 0.717) is 3.57 Å². The van der Waals surface area contributed by atoms with E-state index in [4.69, 9.17) is 11.6 Å². The molecule has 0 amide bonds. The largest absolute Gasteiger partial charge is 0.205 e. The Morgan fingerprint density at radius 2 is 1.60 bits per heavy atom. The molecular weight excluding hydrogens is 272 g/mol. The van der Waals surface area contributed by atoms with Crippen molar-refractivity contribution in [3.05, 3.63) is 32.4 Å². The van der Waals surface area contributed by atoms with E-state index in [2.05, 4.69) is 0 Å². The molecule has 0 aliphatic carbocycles. The van der Waals surface area contributed by atoms with Crippen LogP contribution in [0.15, 0.2) is 12.1 Å². The highest BCUT2D eigenvalue weighted by Crippen LogP contribution is 2.20. The maximum Gasteiger partial charge on any atom is 0.145 e. The van der Waals surface area contributed by atoms with Gasteiger partial charge in [0.2, 0.25) is 0 Å². The zero-order valence-electron chi connectivity index (χ0n) is 4.67. The Balaban J connectivity index is 3.31. The first-order valence-corrected chi connectivity index (χ1v) is 3.87. The number of halogens is 4. The molecule has 1 aromatic rings. The van der Waals surface area contributed by atoms with Crippen molar-refractivity contribution in [2.24, 2.45) is 0 Å². The fraction of sp³-hybridized carbons (Fsp3) is 0. The molecule has 0 radical (unpaired) electrons. The number of benzene rings is 1. The molecule has 1 aromatic carbocycles. The van der Waals surface area contributed by atoms with Crippen LogP contribution < -0.4 is 0 Å². The molecular formula is C6H2ClF2I. The van der Waals surface area contributed by atoms with Crippen molar-refractivity contribution in [2.75, 3.05) is 0 Å². The second-order valence-electron chi connectivity index (χ2n) is 1.68. The lowest BCUT2D eigenvalue weighted by Crippen LogP contribution is -1.84. The van der Waals surface area contributed by atoms with Gasteiger partial charge in [-0.25, -0.2) is 8.78 Å². The van der Waals surface area contributed by atoms with E-state index in [1.807, 2.05) is 22.6 Å². The fourth-order valence-corrected chi connectivity index (χ4v) is 1.18. The lowest BCUT2D eigenvalue weighted by molar-refractivity contribution is 0.582. The normalized spacial score (nSPS) is 10.0. The minimum atomic E-state index is -0.717. The van der Waals surface area contributed by atoms with Crippen LogP contribution in [-0.4, -0.2) is 0 Å². The summed E-state index contributed by atoms with van der Waals surface area (Å²) >= 11 is 7.01. The number of rotatable bonds is 0. The number of hydrogen-bond acceptors (Lipinski definition) is 0. The van der Waals surface area contributed by atoms with Gasteiger partial charge < -0.3 is 0 Å². The molecule has 4 heteroatoms. The first-order valence-electron chi connectivity index (χ1n) is 2.41. The molecule has 0 spiro atoms. The van der Waals surface area contributed by atoms with Crippen LogP contribution in [0, 0.1) is 15.2 Å². The molecule has 0 atom stereocenters. The first kappa shape index (κ1) is 8.20. The van der Waals surface area contributed by atoms with Crippen LogP contribution in [0.5, 0.6) is 0 Å². The second-order valence-corrected chi connectivity index (χ2v) is 3.31. The SMILES string of the molecule is Fc1cc(I)cc(F)c1Cl. The Labute approximate surface area is 75.3 Å². The highest BCUT2D eigenvalue weighted by atomic mass is 127. The van der Waals surface area contributed by atoms with Gasteiger partial charge in [-0.15, -0.1) is 0 Å². The highest BCUT2D eigenvalue weighted by molar-refractivity contribution is 14.1. The Morgan fingerprint density at radius 1 is 1.20 bits per heavy atom. The van der Waals surface area contributed by atoms with Crippen molar-refractivity contribution in [1.29, 1.82) is 0 Å². The molecule has 0 unspecified atom stereocenters. The second kappa shape index (κ2) is 3.00. The predicted octanol–water partition coefficient (Wildman–Crippen LogP) is 3.22. The Morgan fingerprint density at radius 3 is 2.00 bits per heavy atom. The monoisotopic (exact) mass is 274 g/mol. The van der Waals surface area contributed by atoms with Crippen molar-refractivity contribution in [2.45, 2.75) is 0 Å². The quantitative estimate of drug-likeness (QED) is 0.387. The van der Waals surface area contributed by atoms with E-state index in [0.717, 1.165) is 0 Å². The molecule has 54 valence electrons. The minimum Gasteiger partial charge on any atom is -0.205 e. The van der Waals surface area contributed by atoms with Gasteiger partial charge in [0.15, 0.2) is 0 Å². The number of hydrogen-bond donors (Lipinski definition) is 0. The Hall–Kier alpha value is 0.1000. The molecule has 0 N–H and O–H groups in total. The van der Waals surface area contributed by atoms with Crippen LogP contribution in [0.2, 0.25) is 5.02 Å². The van der Waals surface area contributed by atoms with Crippen LogP contribution in [0.25, 0.3) is 0 Å². The van der Waals surface area contributed by atoms with E-state index in [-0.39, 0.29) is 0 Å². The smallest absolute Gasteiger partial charge is 0.145 e. The predicted molar refractivity (Wildman–Crippen MR) is 44.1 cm³/mol. The zero-order chi connectivity index (χ0) is 7.72. The molecule has 1 rings (SSSR count). The molecule has 0 heterocycles. The Kier molecular flexibility index (Phi) is 2.46. The molecule has 0 saturated carbocycles. The third kappa shape index (κ3) is 1.58. The van der Waals surface area contributed by atoms with Gasteiger partial charge >= 0.3 is 0 Å². The summed E-state index contributed by atoms with van der Waals surface area (Å²) in [6.45, 7) is 0. The topological polar surface area (TPSA) is 0 Å². The van der Waals surface area contributed by atoms with Crippen LogP contribution in [0.4, 0.5) is 8.78 Å². The van der Waals surface area contributed by atoms with Gasteiger partial charge in [-0.3, -0.25) is 0 Å². The van der Waals surface area contributed by atoms with Crippen molar-refractivity contribution in [1.82, 2.24) is 0 Å². The van der Waals surface area contributed by atoms with Crippen LogP contribution >= 0.6 is 34.2 Å². The lowest BCUT2D eigenvalue weighted by Gasteiger charge is -1.95. The van der Waals surface area contributed by atoms with Gasteiger partial charge in [-0.2, -0.15) is 0 Å². The van der Waals surface area contributed by atoms with Gasteiger partial charge in [0.05, 0.1) is 0 Å². The molecule has 0 aromatic heterocycles. The van der Waals surface area contributed by atoms with Crippen LogP contribution in [0.3, 0.4) is 0 Å². The van der Waals surface area contributed by atoms with Crippen molar-refractivity contribution in [3.63, 3.8) is 0 Å². The van der Waals surface area contributed by atoms with Crippen LogP contribution in [-0.2, 0) is 0 Å². The van der Waals surface area contributed by atoms with E-state index in [9.17, 15) is 8.78 Å². The molecule has 0 saturated heterocycles. The summed E-state index contributed by atoms with van der Waals surface area (Å²) in [5, 5.41) is -0.444. The van der Waals surface area contributed by atoms with Gasteiger partial charge in [0.25, 0.3) is 0 Å². The third-order valence-electron chi connectivity index (χ3n) is 0.949. The average molecular weight is 274 g/mol. The molecule has 0 bridgehead atoms. The maximum atomic E-state index is 12.5.